The molecule has 0 aliphatic rings. The number of aryl methyl sites for hydroxylation is 1. The van der Waals surface area contributed by atoms with Crippen LogP contribution in [0.25, 0.3) is 0 Å². The predicted molar refractivity (Wildman–Crippen MR) is 64.0 cm³/mol. The van der Waals surface area contributed by atoms with Crippen molar-refractivity contribution in [3.8, 4) is 0 Å². The van der Waals surface area contributed by atoms with Crippen LogP contribution >= 0.6 is 0 Å². The Hall–Kier alpha value is -1.06. The van der Waals surface area contributed by atoms with E-state index in [2.05, 4.69) is 24.4 Å². The maximum absolute atomic E-state index is 9.47. The van der Waals surface area contributed by atoms with E-state index in [1.54, 1.807) is 0 Å². The minimum absolute atomic E-state index is 0.360. The summed E-state index contributed by atoms with van der Waals surface area (Å²) in [6.07, 6.45) is 1.33. The molecule has 0 fully saturated rings. The zero-order valence-corrected chi connectivity index (χ0v) is 9.24. The monoisotopic (exact) mass is 208 g/mol. The second-order valence-electron chi connectivity index (χ2n) is 3.66. The maximum atomic E-state index is 9.47. The van der Waals surface area contributed by atoms with Gasteiger partial charge in [-0.2, -0.15) is 0 Å². The third kappa shape index (κ3) is 4.32. The Morgan fingerprint density at radius 3 is 2.53 bits per heavy atom. The Labute approximate surface area is 91.3 Å². The molecule has 1 atom stereocenters. The number of nitrogens with one attached hydrogen (secondary N) is 1. The highest BCUT2D eigenvalue weighted by Crippen LogP contribution is 2.09. The van der Waals surface area contributed by atoms with Crippen LogP contribution in [0.5, 0.6) is 0 Å². The minimum Gasteiger partial charge on any atom is -0.391 e. The van der Waals surface area contributed by atoms with Gasteiger partial charge >= 0.3 is 0 Å². The van der Waals surface area contributed by atoms with E-state index < -0.39 is 0 Å². The van der Waals surface area contributed by atoms with Gasteiger partial charge in [0.25, 0.3) is 0 Å². The first kappa shape index (κ1) is 12.0. The summed E-state index contributed by atoms with van der Waals surface area (Å²) >= 11 is 0. The number of hydrogen-bond acceptors (Lipinski definition) is 3. The largest absolute Gasteiger partial charge is 0.391 e. The minimum atomic E-state index is -0.360. The summed E-state index contributed by atoms with van der Waals surface area (Å²) in [5.74, 6) is 0. The summed E-state index contributed by atoms with van der Waals surface area (Å²) in [6.45, 7) is 3.22. The molecule has 0 saturated heterocycles. The molecule has 0 aliphatic carbocycles. The van der Waals surface area contributed by atoms with Crippen molar-refractivity contribution in [3.05, 3.63) is 29.8 Å². The first-order valence-electron chi connectivity index (χ1n) is 5.47. The highest BCUT2D eigenvalue weighted by Gasteiger charge is 2.01. The first-order valence-corrected chi connectivity index (χ1v) is 5.47. The highest BCUT2D eigenvalue weighted by molar-refractivity contribution is 5.44. The second kappa shape index (κ2) is 6.43. The van der Waals surface area contributed by atoms with Crippen molar-refractivity contribution in [1.82, 2.24) is 0 Å². The summed E-state index contributed by atoms with van der Waals surface area (Å²) in [7, 11) is 0. The molecule has 3 heteroatoms. The Bertz CT molecular complexity index is 271. The number of anilines is 1. The third-order valence-electron chi connectivity index (χ3n) is 2.40. The van der Waals surface area contributed by atoms with Gasteiger partial charge in [0, 0.05) is 12.2 Å². The number of aliphatic hydroxyl groups excluding tert-OH is 1. The normalized spacial score (nSPS) is 12.5. The van der Waals surface area contributed by atoms with Crippen molar-refractivity contribution in [1.29, 1.82) is 0 Å². The van der Waals surface area contributed by atoms with Crippen molar-refractivity contribution in [2.75, 3.05) is 18.4 Å². The fourth-order valence-electron chi connectivity index (χ4n) is 1.39. The highest BCUT2D eigenvalue weighted by atomic mass is 16.3. The van der Waals surface area contributed by atoms with Gasteiger partial charge in [-0.05, 0) is 37.1 Å². The van der Waals surface area contributed by atoms with E-state index in [0.29, 0.717) is 19.5 Å². The molecule has 0 aromatic heterocycles. The van der Waals surface area contributed by atoms with Crippen LogP contribution < -0.4 is 11.1 Å². The number of rotatable bonds is 6. The van der Waals surface area contributed by atoms with Gasteiger partial charge in [0.05, 0.1) is 6.10 Å². The van der Waals surface area contributed by atoms with Crippen LogP contribution in [0.2, 0.25) is 0 Å². The average Bonchev–Trinajstić information content (AvgIpc) is 2.27. The lowest BCUT2D eigenvalue weighted by molar-refractivity contribution is 0.180. The molecular formula is C12H20N2O. The van der Waals surface area contributed by atoms with Gasteiger partial charge in [-0.3, -0.25) is 0 Å². The summed E-state index contributed by atoms with van der Waals surface area (Å²) in [5, 5.41) is 12.6. The van der Waals surface area contributed by atoms with Gasteiger partial charge < -0.3 is 16.2 Å². The molecule has 1 aromatic carbocycles. The zero-order chi connectivity index (χ0) is 11.1. The summed E-state index contributed by atoms with van der Waals surface area (Å²) < 4.78 is 0. The van der Waals surface area contributed by atoms with E-state index in [-0.39, 0.29) is 6.10 Å². The summed E-state index contributed by atoms with van der Waals surface area (Å²) in [4.78, 5) is 0. The molecule has 0 radical (unpaired) electrons. The summed E-state index contributed by atoms with van der Waals surface area (Å²) in [6, 6.07) is 8.26. The van der Waals surface area contributed by atoms with Crippen LogP contribution in [0.1, 0.15) is 18.9 Å². The molecule has 1 aromatic rings. The lowest BCUT2D eigenvalue weighted by atomic mass is 10.1. The predicted octanol–water partition coefficient (Wildman–Crippen LogP) is 1.37. The van der Waals surface area contributed by atoms with Crippen molar-refractivity contribution in [2.45, 2.75) is 25.9 Å². The van der Waals surface area contributed by atoms with Crippen LogP contribution in [0.3, 0.4) is 0 Å². The number of hydrogen-bond donors (Lipinski definition) is 3. The zero-order valence-electron chi connectivity index (χ0n) is 9.24. The Morgan fingerprint density at radius 1 is 1.33 bits per heavy atom. The van der Waals surface area contributed by atoms with Gasteiger partial charge in [-0.15, -0.1) is 0 Å². The van der Waals surface area contributed by atoms with Crippen molar-refractivity contribution < 1.29 is 5.11 Å². The maximum Gasteiger partial charge on any atom is 0.0724 e. The Kier molecular flexibility index (Phi) is 5.15. The molecule has 15 heavy (non-hydrogen) atoms. The van der Waals surface area contributed by atoms with Crippen molar-refractivity contribution in [2.24, 2.45) is 5.73 Å². The number of aliphatic hydroxyl groups is 1. The second-order valence-corrected chi connectivity index (χ2v) is 3.66. The molecule has 1 rings (SSSR count). The van der Waals surface area contributed by atoms with Crippen LogP contribution in [-0.2, 0) is 6.42 Å². The fraction of sp³-hybridized carbons (Fsp3) is 0.500. The molecule has 4 N–H and O–H groups in total. The molecule has 0 saturated carbocycles. The molecule has 0 aliphatic heterocycles. The molecule has 0 bridgehead atoms. The van der Waals surface area contributed by atoms with Gasteiger partial charge in [-0.25, -0.2) is 0 Å². The van der Waals surface area contributed by atoms with Crippen LogP contribution in [-0.4, -0.2) is 24.3 Å². The SMILES string of the molecule is CCc1ccc(NCC(O)CCN)cc1. The lowest BCUT2D eigenvalue weighted by Crippen LogP contribution is -2.22. The van der Waals surface area contributed by atoms with Crippen LogP contribution in [0, 0.1) is 0 Å². The molecular weight excluding hydrogens is 188 g/mol. The molecule has 1 unspecified atom stereocenters. The first-order chi connectivity index (χ1) is 7.26. The van der Waals surface area contributed by atoms with E-state index >= 15 is 0 Å². The Balaban J connectivity index is 2.37. The standard InChI is InChI=1S/C12H20N2O/c1-2-10-3-5-11(6-4-10)14-9-12(15)7-8-13/h3-6,12,14-15H,2,7-9,13H2,1H3. The average molecular weight is 208 g/mol. The smallest absolute Gasteiger partial charge is 0.0724 e. The molecule has 0 amide bonds. The molecule has 0 spiro atoms. The fourth-order valence-corrected chi connectivity index (χ4v) is 1.39. The van der Waals surface area contributed by atoms with E-state index in [4.69, 9.17) is 5.73 Å². The molecule has 0 heterocycles. The number of nitrogens with two attached hydrogens (primary N) is 1. The molecule has 3 nitrogen and oxygen atoms in total. The van der Waals surface area contributed by atoms with Crippen LogP contribution in [0.15, 0.2) is 24.3 Å². The van der Waals surface area contributed by atoms with Crippen molar-refractivity contribution in [3.63, 3.8) is 0 Å². The van der Waals surface area contributed by atoms with Crippen LogP contribution in [0.4, 0.5) is 5.69 Å². The van der Waals surface area contributed by atoms with Crippen molar-refractivity contribution >= 4 is 5.69 Å². The third-order valence-corrected chi connectivity index (χ3v) is 2.40. The van der Waals surface area contributed by atoms with E-state index in [1.807, 2.05) is 12.1 Å². The van der Waals surface area contributed by atoms with Gasteiger partial charge in [0.1, 0.15) is 0 Å². The molecule has 84 valence electrons. The van der Waals surface area contributed by atoms with Gasteiger partial charge in [0.15, 0.2) is 0 Å². The quantitative estimate of drug-likeness (QED) is 0.662. The van der Waals surface area contributed by atoms with E-state index in [0.717, 1.165) is 12.1 Å². The topological polar surface area (TPSA) is 58.3 Å². The van der Waals surface area contributed by atoms with E-state index in [1.165, 1.54) is 5.56 Å². The summed E-state index contributed by atoms with van der Waals surface area (Å²) in [5.41, 5.74) is 7.72. The number of benzene rings is 1. The lowest BCUT2D eigenvalue weighted by Gasteiger charge is -2.11. The van der Waals surface area contributed by atoms with Gasteiger partial charge in [0.2, 0.25) is 0 Å². The van der Waals surface area contributed by atoms with Gasteiger partial charge in [-0.1, -0.05) is 19.1 Å². The Morgan fingerprint density at radius 2 is 2.00 bits per heavy atom. The van der Waals surface area contributed by atoms with E-state index in [9.17, 15) is 5.11 Å².